The number of nitro benzene ring substituents is 1. The number of rotatable bonds is 6. The van der Waals surface area contributed by atoms with Gasteiger partial charge in [0.05, 0.1) is 22.7 Å². The number of nitro groups is 1. The fourth-order valence-corrected chi connectivity index (χ4v) is 4.89. The summed E-state index contributed by atoms with van der Waals surface area (Å²) >= 11 is 0. The highest BCUT2D eigenvalue weighted by molar-refractivity contribution is 6.00. The summed E-state index contributed by atoms with van der Waals surface area (Å²) in [5.41, 5.74) is 3.99. The summed E-state index contributed by atoms with van der Waals surface area (Å²) in [7, 11) is 0. The Bertz CT molecular complexity index is 1080. The zero-order valence-electron chi connectivity index (χ0n) is 20.5. The number of aryl methyl sites for hydroxylation is 2. The highest BCUT2D eigenvalue weighted by Gasteiger charge is 2.28. The van der Waals surface area contributed by atoms with Crippen LogP contribution in [0.3, 0.4) is 0 Å². The normalized spacial score (nSPS) is 16.7. The molecule has 2 amide bonds. The minimum atomic E-state index is -0.455. The Kier molecular flexibility index (Phi) is 7.65. The number of piperidine rings is 1. The van der Waals surface area contributed by atoms with Crippen LogP contribution in [0.2, 0.25) is 0 Å². The molecule has 1 N–H and O–H groups in total. The third-order valence-corrected chi connectivity index (χ3v) is 6.89. The molecule has 0 bridgehead atoms. The number of benzene rings is 2. The first kappa shape index (κ1) is 24.7. The minimum Gasteiger partial charge on any atom is -0.371 e. The highest BCUT2D eigenvalue weighted by Crippen LogP contribution is 2.29. The molecule has 0 aromatic heterocycles. The SMILES string of the molecule is Cc1cccc(C)c1NC(=O)CN1CCN(C(=O)c2cc([N+](=O)[O-])ccc2N2CCCCC2)CC1. The molecule has 0 radical (unpaired) electrons. The lowest BCUT2D eigenvalue weighted by molar-refractivity contribution is -0.384. The van der Waals surface area contributed by atoms with E-state index in [-0.39, 0.29) is 24.0 Å². The van der Waals surface area contributed by atoms with Crippen molar-refractivity contribution >= 4 is 28.9 Å². The molecular formula is C26H33N5O4. The number of nitrogens with one attached hydrogen (secondary N) is 1. The van der Waals surface area contributed by atoms with Crippen LogP contribution in [0.25, 0.3) is 0 Å². The van der Waals surface area contributed by atoms with Crippen molar-refractivity contribution in [3.05, 3.63) is 63.2 Å². The summed E-state index contributed by atoms with van der Waals surface area (Å²) in [6.45, 7) is 7.97. The van der Waals surface area contributed by atoms with Gasteiger partial charge < -0.3 is 15.1 Å². The maximum atomic E-state index is 13.5. The summed E-state index contributed by atoms with van der Waals surface area (Å²) in [5.74, 6) is -0.262. The van der Waals surface area contributed by atoms with E-state index in [0.717, 1.165) is 54.9 Å². The predicted molar refractivity (Wildman–Crippen MR) is 136 cm³/mol. The number of carbonyl (C=O) groups is 2. The molecule has 9 heteroatoms. The van der Waals surface area contributed by atoms with Gasteiger partial charge in [-0.3, -0.25) is 24.6 Å². The van der Waals surface area contributed by atoms with Crippen molar-refractivity contribution in [1.82, 2.24) is 9.80 Å². The first-order chi connectivity index (χ1) is 16.8. The van der Waals surface area contributed by atoms with Crippen LogP contribution in [-0.2, 0) is 4.79 Å². The molecular weight excluding hydrogens is 446 g/mol. The Morgan fingerprint density at radius 2 is 1.60 bits per heavy atom. The summed E-state index contributed by atoms with van der Waals surface area (Å²) in [5, 5.41) is 14.4. The summed E-state index contributed by atoms with van der Waals surface area (Å²) in [6, 6.07) is 10.5. The molecule has 35 heavy (non-hydrogen) atoms. The van der Waals surface area contributed by atoms with Gasteiger partial charge in [0.25, 0.3) is 11.6 Å². The van der Waals surface area contributed by atoms with E-state index < -0.39 is 4.92 Å². The molecule has 2 aromatic carbocycles. The third kappa shape index (κ3) is 5.79. The summed E-state index contributed by atoms with van der Waals surface area (Å²) < 4.78 is 0. The zero-order chi connectivity index (χ0) is 24.9. The first-order valence-corrected chi connectivity index (χ1v) is 12.2. The maximum absolute atomic E-state index is 13.5. The van der Waals surface area contributed by atoms with Crippen molar-refractivity contribution < 1.29 is 14.5 Å². The van der Waals surface area contributed by atoms with Gasteiger partial charge in [0.1, 0.15) is 0 Å². The van der Waals surface area contributed by atoms with Gasteiger partial charge in [-0.05, 0) is 50.3 Å². The molecule has 0 aliphatic carbocycles. The topological polar surface area (TPSA) is 99.0 Å². The van der Waals surface area contributed by atoms with E-state index in [0.29, 0.717) is 31.7 Å². The Morgan fingerprint density at radius 3 is 2.23 bits per heavy atom. The summed E-state index contributed by atoms with van der Waals surface area (Å²) in [6.07, 6.45) is 3.26. The van der Waals surface area contributed by atoms with Gasteiger partial charge in [-0.2, -0.15) is 0 Å². The standard InChI is InChI=1S/C26H33N5O4/c1-19-7-6-8-20(2)25(19)27-24(32)18-28-13-15-30(16-14-28)26(33)22-17-21(31(34)35)9-10-23(22)29-11-4-3-5-12-29/h6-10,17H,3-5,11-16,18H2,1-2H3,(H,27,32). The number of carbonyl (C=O) groups excluding carboxylic acids is 2. The Morgan fingerprint density at radius 1 is 0.943 bits per heavy atom. The number of amides is 2. The zero-order valence-corrected chi connectivity index (χ0v) is 20.5. The Balaban J connectivity index is 1.40. The number of hydrogen-bond acceptors (Lipinski definition) is 6. The van der Waals surface area contributed by atoms with Crippen molar-refractivity contribution in [2.75, 3.05) is 56.0 Å². The molecule has 2 heterocycles. The molecule has 0 spiro atoms. The van der Waals surface area contributed by atoms with Crippen LogP contribution in [0.4, 0.5) is 17.1 Å². The lowest BCUT2D eigenvalue weighted by atomic mass is 10.0. The van der Waals surface area contributed by atoms with Crippen molar-refractivity contribution in [3.8, 4) is 0 Å². The van der Waals surface area contributed by atoms with Gasteiger partial charge in [-0.15, -0.1) is 0 Å². The molecule has 0 atom stereocenters. The van der Waals surface area contributed by atoms with Crippen LogP contribution in [0, 0.1) is 24.0 Å². The number of non-ortho nitro benzene ring substituents is 1. The van der Waals surface area contributed by atoms with E-state index >= 15 is 0 Å². The second-order valence-corrected chi connectivity index (χ2v) is 9.39. The van der Waals surface area contributed by atoms with E-state index in [1.807, 2.05) is 36.9 Å². The van der Waals surface area contributed by atoms with Crippen molar-refractivity contribution in [2.24, 2.45) is 0 Å². The van der Waals surface area contributed by atoms with Gasteiger partial charge in [0.2, 0.25) is 5.91 Å². The molecule has 2 aliphatic heterocycles. The molecule has 4 rings (SSSR count). The van der Waals surface area contributed by atoms with E-state index in [4.69, 9.17) is 0 Å². The molecule has 2 fully saturated rings. The van der Waals surface area contributed by atoms with Crippen LogP contribution in [0.15, 0.2) is 36.4 Å². The lowest BCUT2D eigenvalue weighted by Gasteiger charge is -2.36. The van der Waals surface area contributed by atoms with Crippen LogP contribution in [0.1, 0.15) is 40.7 Å². The molecule has 2 aromatic rings. The van der Waals surface area contributed by atoms with Gasteiger partial charge >= 0.3 is 0 Å². The van der Waals surface area contributed by atoms with Gasteiger partial charge in [-0.1, -0.05) is 18.2 Å². The Labute approximate surface area is 205 Å². The molecule has 9 nitrogen and oxygen atoms in total. The number of para-hydroxylation sites is 1. The van der Waals surface area contributed by atoms with E-state index in [9.17, 15) is 19.7 Å². The van der Waals surface area contributed by atoms with Crippen molar-refractivity contribution in [1.29, 1.82) is 0 Å². The quantitative estimate of drug-likeness (QED) is 0.502. The van der Waals surface area contributed by atoms with Gasteiger partial charge in [-0.25, -0.2) is 0 Å². The van der Waals surface area contributed by atoms with Crippen molar-refractivity contribution in [2.45, 2.75) is 33.1 Å². The van der Waals surface area contributed by atoms with Gasteiger partial charge in [0, 0.05) is 57.1 Å². The van der Waals surface area contributed by atoms with Crippen molar-refractivity contribution in [3.63, 3.8) is 0 Å². The second-order valence-electron chi connectivity index (χ2n) is 9.39. The molecule has 0 unspecified atom stereocenters. The van der Waals surface area contributed by atoms with E-state index in [1.54, 1.807) is 11.0 Å². The summed E-state index contributed by atoms with van der Waals surface area (Å²) in [4.78, 5) is 43.0. The van der Waals surface area contributed by atoms with Crippen LogP contribution >= 0.6 is 0 Å². The smallest absolute Gasteiger partial charge is 0.270 e. The van der Waals surface area contributed by atoms with Crippen LogP contribution < -0.4 is 10.2 Å². The van der Waals surface area contributed by atoms with Gasteiger partial charge in [0.15, 0.2) is 0 Å². The predicted octanol–water partition coefficient (Wildman–Crippen LogP) is 3.60. The molecule has 0 saturated carbocycles. The molecule has 2 aliphatic rings. The third-order valence-electron chi connectivity index (χ3n) is 6.89. The molecule has 186 valence electrons. The van der Waals surface area contributed by atoms with Crippen LogP contribution in [-0.4, -0.2) is 72.4 Å². The average Bonchev–Trinajstić information content (AvgIpc) is 2.86. The average molecular weight is 480 g/mol. The number of piperazine rings is 1. The van der Waals surface area contributed by atoms with E-state index in [1.165, 1.54) is 12.1 Å². The number of hydrogen-bond donors (Lipinski definition) is 1. The maximum Gasteiger partial charge on any atom is 0.270 e. The minimum absolute atomic E-state index is 0.0732. The largest absolute Gasteiger partial charge is 0.371 e. The fraction of sp³-hybridized carbons (Fsp3) is 0.462. The van der Waals surface area contributed by atoms with E-state index in [2.05, 4.69) is 10.2 Å². The highest BCUT2D eigenvalue weighted by atomic mass is 16.6. The molecule has 2 saturated heterocycles. The Hall–Kier alpha value is -3.46. The van der Waals surface area contributed by atoms with Crippen LogP contribution in [0.5, 0.6) is 0 Å². The first-order valence-electron chi connectivity index (χ1n) is 12.2. The lowest BCUT2D eigenvalue weighted by Crippen LogP contribution is -2.50. The monoisotopic (exact) mass is 479 g/mol. The number of nitrogens with zero attached hydrogens (tertiary/aromatic N) is 4. The number of anilines is 2. The fourth-order valence-electron chi connectivity index (χ4n) is 4.89. The second kappa shape index (κ2) is 10.9.